The highest BCUT2D eigenvalue weighted by molar-refractivity contribution is 8.00. The SMILES string of the molecule is C[C@H]1CCC[C@H](C)N1C(=O)CSc1nncc2ccccc12. The third-order valence-electron chi connectivity index (χ3n) is 4.35. The number of piperidine rings is 1. The van der Waals surface area contributed by atoms with Gasteiger partial charge >= 0.3 is 0 Å². The number of nitrogens with zero attached hydrogens (tertiary/aromatic N) is 3. The molecule has 1 saturated heterocycles. The maximum Gasteiger partial charge on any atom is 0.233 e. The fraction of sp³-hybridized carbons (Fsp3) is 0.471. The molecule has 0 unspecified atom stereocenters. The molecule has 2 atom stereocenters. The van der Waals surface area contributed by atoms with E-state index in [1.54, 1.807) is 6.20 Å². The summed E-state index contributed by atoms with van der Waals surface area (Å²) in [4.78, 5) is 14.6. The van der Waals surface area contributed by atoms with Crippen molar-refractivity contribution in [3.05, 3.63) is 30.5 Å². The van der Waals surface area contributed by atoms with Gasteiger partial charge in [0.05, 0.1) is 11.9 Å². The highest BCUT2D eigenvalue weighted by Gasteiger charge is 2.28. The fourth-order valence-corrected chi connectivity index (χ4v) is 4.08. The Morgan fingerprint density at radius 3 is 2.77 bits per heavy atom. The van der Waals surface area contributed by atoms with Crippen molar-refractivity contribution in [2.45, 2.75) is 50.2 Å². The van der Waals surface area contributed by atoms with E-state index in [9.17, 15) is 4.79 Å². The van der Waals surface area contributed by atoms with E-state index in [0.717, 1.165) is 28.6 Å². The van der Waals surface area contributed by atoms with Gasteiger partial charge in [-0.25, -0.2) is 0 Å². The molecule has 0 spiro atoms. The van der Waals surface area contributed by atoms with Gasteiger partial charge in [0.25, 0.3) is 0 Å². The van der Waals surface area contributed by atoms with Crippen molar-refractivity contribution >= 4 is 28.4 Å². The average molecular weight is 315 g/mol. The molecule has 116 valence electrons. The molecule has 22 heavy (non-hydrogen) atoms. The maximum absolute atomic E-state index is 12.6. The number of benzene rings is 1. The minimum atomic E-state index is 0.208. The standard InChI is InChI=1S/C17H21N3OS/c1-12-6-5-7-13(2)20(12)16(21)11-22-17-15-9-4-3-8-14(15)10-18-19-17/h3-4,8-10,12-13H,5-7,11H2,1-2H3/t12-,13-/m0/s1. The number of fused-ring (bicyclic) bond motifs is 1. The molecule has 0 N–H and O–H groups in total. The Balaban J connectivity index is 1.72. The third-order valence-corrected chi connectivity index (χ3v) is 5.32. The van der Waals surface area contributed by atoms with Gasteiger partial charge in [0, 0.05) is 22.9 Å². The van der Waals surface area contributed by atoms with E-state index in [-0.39, 0.29) is 5.91 Å². The number of thioether (sulfide) groups is 1. The molecule has 0 aliphatic carbocycles. The zero-order valence-corrected chi connectivity index (χ0v) is 13.8. The minimum Gasteiger partial charge on any atom is -0.337 e. The summed E-state index contributed by atoms with van der Waals surface area (Å²) < 4.78 is 0. The number of hydrogen-bond acceptors (Lipinski definition) is 4. The first-order valence-electron chi connectivity index (χ1n) is 7.81. The van der Waals surface area contributed by atoms with Gasteiger partial charge in [-0.15, -0.1) is 5.10 Å². The number of amides is 1. The van der Waals surface area contributed by atoms with Crippen LogP contribution in [-0.2, 0) is 4.79 Å². The lowest BCUT2D eigenvalue weighted by molar-refractivity contribution is -0.134. The van der Waals surface area contributed by atoms with Crippen molar-refractivity contribution in [3.8, 4) is 0 Å². The van der Waals surface area contributed by atoms with Crippen LogP contribution in [0.4, 0.5) is 0 Å². The summed E-state index contributed by atoms with van der Waals surface area (Å²) >= 11 is 1.49. The van der Waals surface area contributed by atoms with Gasteiger partial charge in [0.15, 0.2) is 0 Å². The van der Waals surface area contributed by atoms with E-state index < -0.39 is 0 Å². The summed E-state index contributed by atoms with van der Waals surface area (Å²) in [7, 11) is 0. The Kier molecular flexibility index (Phi) is 4.62. The molecule has 1 fully saturated rings. The van der Waals surface area contributed by atoms with Crippen LogP contribution in [0, 0.1) is 0 Å². The molecule has 5 heteroatoms. The van der Waals surface area contributed by atoms with Crippen LogP contribution in [0.3, 0.4) is 0 Å². The summed E-state index contributed by atoms with van der Waals surface area (Å²) in [5.74, 6) is 0.636. The number of hydrogen-bond donors (Lipinski definition) is 0. The topological polar surface area (TPSA) is 46.1 Å². The summed E-state index contributed by atoms with van der Waals surface area (Å²) in [6.45, 7) is 4.30. The summed E-state index contributed by atoms with van der Waals surface area (Å²) in [6, 6.07) is 8.71. The van der Waals surface area contributed by atoms with Crippen LogP contribution in [0.15, 0.2) is 35.5 Å². The van der Waals surface area contributed by atoms with Gasteiger partial charge < -0.3 is 4.90 Å². The lowest BCUT2D eigenvalue weighted by Crippen LogP contribution is -2.48. The second-order valence-corrected chi connectivity index (χ2v) is 6.92. The van der Waals surface area contributed by atoms with Crippen molar-refractivity contribution in [1.82, 2.24) is 15.1 Å². The first-order valence-corrected chi connectivity index (χ1v) is 8.80. The second-order valence-electron chi connectivity index (χ2n) is 5.96. The Hall–Kier alpha value is -1.62. The second kappa shape index (κ2) is 6.65. The molecule has 0 radical (unpaired) electrons. The number of aromatic nitrogens is 2. The molecular weight excluding hydrogens is 294 g/mol. The molecule has 2 heterocycles. The highest BCUT2D eigenvalue weighted by atomic mass is 32.2. The molecule has 1 aliphatic heterocycles. The van der Waals surface area contributed by atoms with Crippen molar-refractivity contribution in [2.24, 2.45) is 0 Å². The first kappa shape index (κ1) is 15.3. The molecular formula is C17H21N3OS. The zero-order chi connectivity index (χ0) is 15.5. The van der Waals surface area contributed by atoms with Crippen LogP contribution < -0.4 is 0 Å². The van der Waals surface area contributed by atoms with Crippen LogP contribution >= 0.6 is 11.8 Å². The molecule has 1 aromatic heterocycles. The molecule has 4 nitrogen and oxygen atoms in total. The molecule has 1 amide bonds. The van der Waals surface area contributed by atoms with Crippen LogP contribution in [0.1, 0.15) is 33.1 Å². The Bertz CT molecular complexity index is 661. The van der Waals surface area contributed by atoms with Crippen molar-refractivity contribution in [3.63, 3.8) is 0 Å². The fourth-order valence-electron chi connectivity index (χ4n) is 3.23. The first-order chi connectivity index (χ1) is 10.7. The van der Waals surface area contributed by atoms with Gasteiger partial charge in [-0.3, -0.25) is 4.79 Å². The quantitative estimate of drug-likeness (QED) is 0.813. The highest BCUT2D eigenvalue weighted by Crippen LogP contribution is 2.27. The van der Waals surface area contributed by atoms with Gasteiger partial charge in [0.2, 0.25) is 5.91 Å². The van der Waals surface area contributed by atoms with Crippen LogP contribution in [0.5, 0.6) is 0 Å². The lowest BCUT2D eigenvalue weighted by Gasteiger charge is -2.39. The van der Waals surface area contributed by atoms with Crippen molar-refractivity contribution in [1.29, 1.82) is 0 Å². The smallest absolute Gasteiger partial charge is 0.233 e. The Morgan fingerprint density at radius 1 is 1.27 bits per heavy atom. The predicted octanol–water partition coefficient (Wildman–Crippen LogP) is 3.51. The van der Waals surface area contributed by atoms with Crippen molar-refractivity contribution in [2.75, 3.05) is 5.75 Å². The summed E-state index contributed by atoms with van der Waals surface area (Å²) in [5, 5.41) is 11.2. The summed E-state index contributed by atoms with van der Waals surface area (Å²) in [6.07, 6.45) is 5.19. The van der Waals surface area contributed by atoms with Crippen LogP contribution in [-0.4, -0.2) is 38.8 Å². The number of carbonyl (C=O) groups excluding carboxylic acids is 1. The van der Waals surface area contributed by atoms with E-state index in [0.29, 0.717) is 17.8 Å². The average Bonchev–Trinajstić information content (AvgIpc) is 2.52. The van der Waals surface area contributed by atoms with Crippen LogP contribution in [0.2, 0.25) is 0 Å². The molecule has 3 rings (SSSR count). The lowest BCUT2D eigenvalue weighted by atomic mass is 9.98. The van der Waals surface area contributed by atoms with E-state index >= 15 is 0 Å². The van der Waals surface area contributed by atoms with Gasteiger partial charge in [-0.1, -0.05) is 36.0 Å². The van der Waals surface area contributed by atoms with Gasteiger partial charge in [-0.2, -0.15) is 5.10 Å². The normalized spacial score (nSPS) is 22.0. The van der Waals surface area contributed by atoms with Gasteiger partial charge in [-0.05, 0) is 33.1 Å². The van der Waals surface area contributed by atoms with Gasteiger partial charge in [0.1, 0.15) is 5.03 Å². The van der Waals surface area contributed by atoms with E-state index in [2.05, 4.69) is 28.9 Å². The van der Waals surface area contributed by atoms with E-state index in [1.165, 1.54) is 18.2 Å². The molecule has 2 aromatic rings. The maximum atomic E-state index is 12.6. The minimum absolute atomic E-state index is 0.208. The Morgan fingerprint density at radius 2 is 2.00 bits per heavy atom. The number of carbonyl (C=O) groups is 1. The number of likely N-dealkylation sites (tertiary alicyclic amines) is 1. The van der Waals surface area contributed by atoms with Crippen LogP contribution in [0.25, 0.3) is 10.8 Å². The Labute approximate surface area is 135 Å². The van der Waals surface area contributed by atoms with E-state index in [4.69, 9.17) is 0 Å². The predicted molar refractivity (Wildman–Crippen MR) is 89.9 cm³/mol. The molecule has 1 aromatic carbocycles. The zero-order valence-electron chi connectivity index (χ0n) is 13.0. The monoisotopic (exact) mass is 315 g/mol. The van der Waals surface area contributed by atoms with E-state index in [1.807, 2.05) is 24.3 Å². The molecule has 0 bridgehead atoms. The largest absolute Gasteiger partial charge is 0.337 e. The summed E-state index contributed by atoms with van der Waals surface area (Å²) in [5.41, 5.74) is 0. The molecule has 0 saturated carbocycles. The third kappa shape index (κ3) is 3.09. The molecule has 1 aliphatic rings. The van der Waals surface area contributed by atoms with Crippen molar-refractivity contribution < 1.29 is 4.79 Å². The number of rotatable bonds is 3.